The molecule has 3 aliphatic rings. The van der Waals surface area contributed by atoms with Crippen molar-refractivity contribution >= 4 is 17.7 Å². The van der Waals surface area contributed by atoms with E-state index in [0.29, 0.717) is 13.1 Å². The number of rotatable bonds is 4. The number of hydrogen-bond donors (Lipinski definition) is 1. The van der Waals surface area contributed by atoms with Gasteiger partial charge in [-0.15, -0.1) is 0 Å². The quantitative estimate of drug-likeness (QED) is 0.770. The monoisotopic (exact) mass is 410 g/mol. The molecule has 2 unspecified atom stereocenters. The van der Waals surface area contributed by atoms with E-state index in [9.17, 15) is 31.1 Å². The summed E-state index contributed by atoms with van der Waals surface area (Å²) in [5.74, 6) is -1.49. The molecule has 3 heterocycles. The van der Waals surface area contributed by atoms with Gasteiger partial charge in [0.05, 0.1) is 0 Å². The van der Waals surface area contributed by atoms with Crippen molar-refractivity contribution in [3.63, 3.8) is 0 Å². The van der Waals surface area contributed by atoms with Crippen LogP contribution < -0.4 is 9.80 Å². The molecular formula is C16H16F6N4O2. The van der Waals surface area contributed by atoms with Crippen LogP contribution in [0.2, 0.25) is 0 Å². The van der Waals surface area contributed by atoms with Gasteiger partial charge < -0.3 is 14.9 Å². The Morgan fingerprint density at radius 3 is 2.25 bits per heavy atom. The Labute approximate surface area is 155 Å². The Bertz CT molecular complexity index is 786. The summed E-state index contributed by atoms with van der Waals surface area (Å²) >= 11 is 0. The third-order valence-corrected chi connectivity index (χ3v) is 5.75. The normalized spacial score (nSPS) is 29.5. The molecule has 4 atom stereocenters. The van der Waals surface area contributed by atoms with Gasteiger partial charge in [0.25, 0.3) is 0 Å². The second-order valence-corrected chi connectivity index (χ2v) is 7.44. The first-order valence-corrected chi connectivity index (χ1v) is 8.71. The summed E-state index contributed by atoms with van der Waals surface area (Å²) in [6.07, 6.45) is -9.61. The lowest BCUT2D eigenvalue weighted by molar-refractivity contribution is -0.160. The SMILES string of the molecule is O=C(O)CC1[C@H]2CN(c3cc(C(F)(F)F)nc(N4CCC4C(F)(F)F)n3)C[C@@H]12. The van der Waals surface area contributed by atoms with E-state index in [1.54, 1.807) is 4.90 Å². The highest BCUT2D eigenvalue weighted by Gasteiger charge is 2.56. The fourth-order valence-corrected chi connectivity index (χ4v) is 4.17. The molecule has 0 bridgehead atoms. The number of carboxylic acid groups (broad SMARTS) is 1. The fourth-order valence-electron chi connectivity index (χ4n) is 4.17. The Balaban J connectivity index is 1.58. The summed E-state index contributed by atoms with van der Waals surface area (Å²) in [6.45, 7) is 0.592. The minimum atomic E-state index is -4.82. The molecule has 2 aliphatic heterocycles. The zero-order chi connectivity index (χ0) is 20.4. The number of nitrogens with zero attached hydrogens (tertiary/aromatic N) is 4. The van der Waals surface area contributed by atoms with Gasteiger partial charge in [-0.1, -0.05) is 0 Å². The Morgan fingerprint density at radius 2 is 1.79 bits per heavy atom. The van der Waals surface area contributed by atoms with E-state index in [4.69, 9.17) is 5.11 Å². The lowest BCUT2D eigenvalue weighted by Gasteiger charge is -2.42. The number of halogens is 6. The molecule has 4 rings (SSSR count). The zero-order valence-corrected chi connectivity index (χ0v) is 14.3. The maximum absolute atomic E-state index is 13.2. The molecule has 1 aliphatic carbocycles. The minimum absolute atomic E-state index is 0.00698. The van der Waals surface area contributed by atoms with Crippen molar-refractivity contribution in [2.75, 3.05) is 29.4 Å². The third kappa shape index (κ3) is 3.32. The molecule has 2 saturated heterocycles. The summed E-state index contributed by atoms with van der Waals surface area (Å²) < 4.78 is 78.7. The van der Waals surface area contributed by atoms with Gasteiger partial charge >= 0.3 is 18.3 Å². The van der Waals surface area contributed by atoms with E-state index in [1.165, 1.54) is 0 Å². The topological polar surface area (TPSA) is 69.6 Å². The third-order valence-electron chi connectivity index (χ3n) is 5.75. The van der Waals surface area contributed by atoms with E-state index in [1.807, 2.05) is 0 Å². The molecule has 12 heteroatoms. The molecule has 1 aromatic rings. The predicted molar refractivity (Wildman–Crippen MR) is 83.8 cm³/mol. The zero-order valence-electron chi connectivity index (χ0n) is 14.3. The number of hydrogen-bond acceptors (Lipinski definition) is 5. The smallest absolute Gasteiger partial charge is 0.433 e. The van der Waals surface area contributed by atoms with Crippen molar-refractivity contribution in [3.8, 4) is 0 Å². The van der Waals surface area contributed by atoms with Crippen LogP contribution in [0.25, 0.3) is 0 Å². The molecule has 0 aromatic carbocycles. The number of aliphatic carboxylic acids is 1. The molecular weight excluding hydrogens is 394 g/mol. The molecule has 6 nitrogen and oxygen atoms in total. The van der Waals surface area contributed by atoms with Gasteiger partial charge in [0, 0.05) is 32.1 Å². The predicted octanol–water partition coefficient (Wildman–Crippen LogP) is 2.79. The number of carbonyl (C=O) groups is 1. The highest BCUT2D eigenvalue weighted by Crippen LogP contribution is 2.54. The largest absolute Gasteiger partial charge is 0.481 e. The Hall–Kier alpha value is -2.27. The van der Waals surface area contributed by atoms with E-state index in [0.717, 1.165) is 11.0 Å². The van der Waals surface area contributed by atoms with E-state index >= 15 is 0 Å². The molecule has 0 amide bonds. The number of carboxylic acids is 1. The van der Waals surface area contributed by atoms with Gasteiger partial charge in [0.15, 0.2) is 5.69 Å². The van der Waals surface area contributed by atoms with Gasteiger partial charge in [-0.05, 0) is 24.2 Å². The molecule has 0 spiro atoms. The summed E-state index contributed by atoms with van der Waals surface area (Å²) in [5.41, 5.74) is -1.29. The summed E-state index contributed by atoms with van der Waals surface area (Å²) in [4.78, 5) is 20.4. The van der Waals surface area contributed by atoms with Gasteiger partial charge in [-0.3, -0.25) is 4.79 Å². The Morgan fingerprint density at radius 1 is 1.14 bits per heavy atom. The van der Waals surface area contributed by atoms with E-state index < -0.39 is 36.0 Å². The molecule has 28 heavy (non-hydrogen) atoms. The van der Waals surface area contributed by atoms with Crippen LogP contribution >= 0.6 is 0 Å². The van der Waals surface area contributed by atoms with Crippen LogP contribution in [0, 0.1) is 17.8 Å². The maximum Gasteiger partial charge on any atom is 0.433 e. The number of alkyl halides is 6. The van der Waals surface area contributed by atoms with Crippen LogP contribution in [0.15, 0.2) is 6.07 Å². The van der Waals surface area contributed by atoms with Crippen LogP contribution in [0.1, 0.15) is 18.5 Å². The standard InChI is InChI=1S/C16H16F6N4O2/c17-15(18,19)10-4-12(25-5-8-7(3-13(27)28)9(8)6-25)24-14(23-10)26-2-1-11(26)16(20,21)22/h4,7-9,11H,1-3,5-6H2,(H,27,28)/t7?,8-,9+,11?. The van der Waals surface area contributed by atoms with Gasteiger partial charge in [0.1, 0.15) is 11.9 Å². The highest BCUT2D eigenvalue weighted by molar-refractivity contribution is 5.68. The van der Waals surface area contributed by atoms with Crippen molar-refractivity contribution in [3.05, 3.63) is 11.8 Å². The van der Waals surface area contributed by atoms with Crippen LogP contribution in [-0.2, 0) is 11.0 Å². The second-order valence-electron chi connectivity index (χ2n) is 7.44. The first-order chi connectivity index (χ1) is 12.9. The molecule has 1 N–H and O–H groups in total. The summed E-state index contributed by atoms with van der Waals surface area (Å²) in [6, 6.07) is -1.15. The summed E-state index contributed by atoms with van der Waals surface area (Å²) in [7, 11) is 0. The van der Waals surface area contributed by atoms with Crippen molar-refractivity contribution in [2.45, 2.75) is 31.2 Å². The molecule has 0 radical (unpaired) electrons. The number of fused-ring (bicyclic) bond motifs is 1. The minimum Gasteiger partial charge on any atom is -0.481 e. The van der Waals surface area contributed by atoms with Crippen molar-refractivity contribution in [2.24, 2.45) is 17.8 Å². The van der Waals surface area contributed by atoms with Gasteiger partial charge in [0.2, 0.25) is 5.95 Å². The number of piperidine rings is 1. The van der Waals surface area contributed by atoms with Gasteiger partial charge in [-0.2, -0.15) is 31.3 Å². The highest BCUT2D eigenvalue weighted by atomic mass is 19.4. The first kappa shape index (κ1) is 19.1. The average Bonchev–Trinajstić information content (AvgIpc) is 2.95. The van der Waals surface area contributed by atoms with Crippen molar-refractivity contribution in [1.82, 2.24) is 9.97 Å². The van der Waals surface area contributed by atoms with Gasteiger partial charge in [-0.25, -0.2) is 4.98 Å². The lowest BCUT2D eigenvalue weighted by atomic mass is 10.0. The lowest BCUT2D eigenvalue weighted by Crippen LogP contribution is -2.56. The van der Waals surface area contributed by atoms with E-state index in [2.05, 4.69) is 9.97 Å². The van der Waals surface area contributed by atoms with E-state index in [-0.39, 0.29) is 43.0 Å². The number of aromatic nitrogens is 2. The van der Waals surface area contributed by atoms with Crippen molar-refractivity contribution < 1.29 is 36.2 Å². The fraction of sp³-hybridized carbons (Fsp3) is 0.688. The van der Waals surface area contributed by atoms with Crippen LogP contribution in [0.4, 0.5) is 38.1 Å². The Kier molecular flexibility index (Phi) is 4.16. The van der Waals surface area contributed by atoms with Crippen LogP contribution in [0.5, 0.6) is 0 Å². The molecule has 154 valence electrons. The first-order valence-electron chi connectivity index (χ1n) is 8.71. The molecule has 1 saturated carbocycles. The second kappa shape index (κ2) is 6.11. The number of anilines is 2. The average molecular weight is 410 g/mol. The molecule has 1 aromatic heterocycles. The molecule has 3 fully saturated rings. The van der Waals surface area contributed by atoms with Crippen LogP contribution in [0.3, 0.4) is 0 Å². The summed E-state index contributed by atoms with van der Waals surface area (Å²) in [5, 5.41) is 8.85. The van der Waals surface area contributed by atoms with Crippen LogP contribution in [-0.4, -0.2) is 52.9 Å². The van der Waals surface area contributed by atoms with Crippen molar-refractivity contribution in [1.29, 1.82) is 0 Å². The maximum atomic E-state index is 13.2.